The van der Waals surface area contributed by atoms with Crippen molar-refractivity contribution >= 4 is 11.8 Å². The molecule has 1 atom stereocenters. The third kappa shape index (κ3) is 4.85. The van der Waals surface area contributed by atoms with Gasteiger partial charge in [-0.3, -0.25) is 9.59 Å². The fraction of sp³-hybridized carbons (Fsp3) is 0.333. The molecule has 0 heterocycles. The quantitative estimate of drug-likeness (QED) is 0.767. The van der Waals surface area contributed by atoms with Gasteiger partial charge in [-0.05, 0) is 48.6 Å². The van der Waals surface area contributed by atoms with E-state index in [0.717, 1.165) is 24.2 Å². The Balaban J connectivity index is 1.50. The van der Waals surface area contributed by atoms with Crippen molar-refractivity contribution in [1.29, 1.82) is 0 Å². The second-order valence-corrected chi connectivity index (χ2v) is 6.53. The number of hydrogen-bond acceptors (Lipinski definition) is 3. The summed E-state index contributed by atoms with van der Waals surface area (Å²) >= 11 is 0. The van der Waals surface area contributed by atoms with E-state index in [4.69, 9.17) is 4.74 Å². The molecule has 1 fully saturated rings. The first-order valence-corrected chi connectivity index (χ1v) is 8.94. The third-order valence-corrected chi connectivity index (χ3v) is 4.56. The van der Waals surface area contributed by atoms with Gasteiger partial charge in [0.2, 0.25) is 5.91 Å². The molecule has 1 unspecified atom stereocenters. The molecule has 0 aliphatic heterocycles. The van der Waals surface area contributed by atoms with Gasteiger partial charge in [0.05, 0.1) is 13.2 Å². The van der Waals surface area contributed by atoms with Crippen molar-refractivity contribution in [1.82, 2.24) is 10.6 Å². The van der Waals surface area contributed by atoms with Crippen LogP contribution >= 0.6 is 0 Å². The highest BCUT2D eigenvalue weighted by Crippen LogP contribution is 2.41. The lowest BCUT2D eigenvalue weighted by molar-refractivity contribution is -0.121. The SMILES string of the molecule is COc1ccc(C(NC(=O)CCNC(=O)c2ccccc2)C2CC2)cc1. The van der Waals surface area contributed by atoms with Crippen molar-refractivity contribution in [3.8, 4) is 5.75 Å². The summed E-state index contributed by atoms with van der Waals surface area (Å²) in [7, 11) is 1.64. The van der Waals surface area contributed by atoms with E-state index in [1.165, 1.54) is 0 Å². The van der Waals surface area contributed by atoms with Gasteiger partial charge >= 0.3 is 0 Å². The number of hydrogen-bond donors (Lipinski definition) is 2. The first-order chi connectivity index (χ1) is 12.7. The molecule has 0 bridgehead atoms. The van der Waals surface area contributed by atoms with Crippen LogP contribution in [0.25, 0.3) is 0 Å². The molecule has 0 aromatic heterocycles. The minimum atomic E-state index is -0.160. The van der Waals surface area contributed by atoms with Crippen molar-refractivity contribution < 1.29 is 14.3 Å². The first kappa shape index (κ1) is 18.0. The molecular weight excluding hydrogens is 328 g/mol. The first-order valence-electron chi connectivity index (χ1n) is 8.94. The maximum Gasteiger partial charge on any atom is 0.251 e. The summed E-state index contributed by atoms with van der Waals surface area (Å²) in [5.74, 6) is 1.09. The fourth-order valence-corrected chi connectivity index (χ4v) is 2.94. The van der Waals surface area contributed by atoms with Gasteiger partial charge in [0.1, 0.15) is 5.75 Å². The molecule has 1 aliphatic carbocycles. The molecule has 3 rings (SSSR count). The zero-order chi connectivity index (χ0) is 18.4. The van der Waals surface area contributed by atoms with Crippen molar-refractivity contribution in [2.24, 2.45) is 5.92 Å². The Labute approximate surface area is 153 Å². The summed E-state index contributed by atoms with van der Waals surface area (Å²) < 4.78 is 5.19. The smallest absolute Gasteiger partial charge is 0.251 e. The molecule has 5 nitrogen and oxygen atoms in total. The molecule has 2 aromatic rings. The van der Waals surface area contributed by atoms with Crippen molar-refractivity contribution in [2.75, 3.05) is 13.7 Å². The number of carbonyl (C=O) groups is 2. The van der Waals surface area contributed by atoms with Gasteiger partial charge in [0.25, 0.3) is 5.91 Å². The van der Waals surface area contributed by atoms with Gasteiger partial charge in [-0.25, -0.2) is 0 Å². The Kier molecular flexibility index (Phi) is 5.89. The summed E-state index contributed by atoms with van der Waals surface area (Å²) in [6.07, 6.45) is 2.52. The molecular formula is C21H24N2O3. The van der Waals surface area contributed by atoms with Crippen LogP contribution in [0.5, 0.6) is 5.75 Å². The molecule has 26 heavy (non-hydrogen) atoms. The van der Waals surface area contributed by atoms with Crippen molar-refractivity contribution in [3.05, 3.63) is 65.7 Å². The van der Waals surface area contributed by atoms with Gasteiger partial charge in [-0.2, -0.15) is 0 Å². The van der Waals surface area contributed by atoms with Crippen molar-refractivity contribution in [3.63, 3.8) is 0 Å². The van der Waals surface area contributed by atoms with Crippen LogP contribution in [0.3, 0.4) is 0 Å². The predicted molar refractivity (Wildman–Crippen MR) is 100.0 cm³/mol. The Morgan fingerprint density at radius 2 is 1.77 bits per heavy atom. The molecule has 136 valence electrons. The van der Waals surface area contributed by atoms with E-state index in [2.05, 4.69) is 10.6 Å². The molecule has 1 saturated carbocycles. The third-order valence-electron chi connectivity index (χ3n) is 4.56. The minimum Gasteiger partial charge on any atom is -0.497 e. The van der Waals surface area contributed by atoms with E-state index < -0.39 is 0 Å². The van der Waals surface area contributed by atoms with Crippen LogP contribution in [0.15, 0.2) is 54.6 Å². The van der Waals surface area contributed by atoms with Crippen LogP contribution in [-0.2, 0) is 4.79 Å². The molecule has 0 radical (unpaired) electrons. The fourth-order valence-electron chi connectivity index (χ4n) is 2.94. The number of ether oxygens (including phenoxy) is 1. The van der Waals surface area contributed by atoms with Gasteiger partial charge < -0.3 is 15.4 Å². The molecule has 2 N–H and O–H groups in total. The molecule has 2 aromatic carbocycles. The number of amides is 2. The maximum atomic E-state index is 12.3. The lowest BCUT2D eigenvalue weighted by Crippen LogP contribution is -2.33. The molecule has 5 heteroatoms. The van der Waals surface area contributed by atoms with Crippen LogP contribution < -0.4 is 15.4 Å². The van der Waals surface area contributed by atoms with Crippen LogP contribution in [0, 0.1) is 5.92 Å². The second-order valence-electron chi connectivity index (χ2n) is 6.53. The summed E-state index contributed by atoms with van der Waals surface area (Å²) in [4.78, 5) is 24.3. The van der Waals surface area contributed by atoms with Crippen molar-refractivity contribution in [2.45, 2.75) is 25.3 Å². The van der Waals surface area contributed by atoms with E-state index in [1.54, 1.807) is 19.2 Å². The zero-order valence-electron chi connectivity index (χ0n) is 14.9. The lowest BCUT2D eigenvalue weighted by Gasteiger charge is -2.19. The highest BCUT2D eigenvalue weighted by Gasteiger charge is 2.33. The van der Waals surface area contributed by atoms with Gasteiger partial charge in [-0.1, -0.05) is 30.3 Å². The van der Waals surface area contributed by atoms with E-state index in [1.807, 2.05) is 42.5 Å². The Morgan fingerprint density at radius 3 is 2.38 bits per heavy atom. The second kappa shape index (κ2) is 8.52. The van der Waals surface area contributed by atoms with Gasteiger partial charge in [-0.15, -0.1) is 0 Å². The van der Waals surface area contributed by atoms with Crippen LogP contribution in [0.2, 0.25) is 0 Å². The molecule has 0 saturated heterocycles. The highest BCUT2D eigenvalue weighted by atomic mass is 16.5. The molecule has 1 aliphatic rings. The number of carbonyl (C=O) groups excluding carboxylic acids is 2. The zero-order valence-corrected chi connectivity index (χ0v) is 14.9. The van der Waals surface area contributed by atoms with Gasteiger partial charge in [0, 0.05) is 18.5 Å². The predicted octanol–water partition coefficient (Wildman–Crippen LogP) is 3.08. The Bertz CT molecular complexity index is 740. The monoisotopic (exact) mass is 352 g/mol. The highest BCUT2D eigenvalue weighted by molar-refractivity contribution is 5.94. The van der Waals surface area contributed by atoms with E-state index in [9.17, 15) is 9.59 Å². The number of methoxy groups -OCH3 is 1. The number of nitrogens with one attached hydrogen (secondary N) is 2. The lowest BCUT2D eigenvalue weighted by atomic mass is 10.0. The maximum absolute atomic E-state index is 12.3. The Morgan fingerprint density at radius 1 is 1.08 bits per heavy atom. The molecule has 0 spiro atoms. The van der Waals surface area contributed by atoms with Crippen LogP contribution in [0.1, 0.15) is 41.2 Å². The molecule has 2 amide bonds. The van der Waals surface area contributed by atoms with Gasteiger partial charge in [0.15, 0.2) is 0 Å². The minimum absolute atomic E-state index is 0.0261. The summed E-state index contributed by atoms with van der Waals surface area (Å²) in [5, 5.41) is 5.90. The summed E-state index contributed by atoms with van der Waals surface area (Å²) in [6.45, 7) is 0.319. The van der Waals surface area contributed by atoms with E-state index in [0.29, 0.717) is 18.0 Å². The number of rotatable bonds is 8. The summed E-state index contributed by atoms with van der Waals surface area (Å²) in [5.41, 5.74) is 1.69. The van der Waals surface area contributed by atoms with E-state index in [-0.39, 0.29) is 24.3 Å². The standard InChI is InChI=1S/C21H24N2O3/c1-26-18-11-9-16(10-12-18)20(15-7-8-15)23-19(24)13-14-22-21(25)17-5-3-2-4-6-17/h2-6,9-12,15,20H,7-8,13-14H2,1H3,(H,22,25)(H,23,24). The van der Waals surface area contributed by atoms with Crippen LogP contribution in [-0.4, -0.2) is 25.5 Å². The topological polar surface area (TPSA) is 67.4 Å². The average molecular weight is 352 g/mol. The van der Waals surface area contributed by atoms with Crippen LogP contribution in [0.4, 0.5) is 0 Å². The average Bonchev–Trinajstić information content (AvgIpc) is 3.52. The summed E-state index contributed by atoms with van der Waals surface area (Å²) in [6, 6.07) is 16.9. The number of benzene rings is 2. The van der Waals surface area contributed by atoms with E-state index >= 15 is 0 Å². The largest absolute Gasteiger partial charge is 0.497 e. The Hall–Kier alpha value is -2.82. The normalized spacial score (nSPS) is 14.3.